The molecular formula is C19H19Cl2NO3. The van der Waals surface area contributed by atoms with Crippen molar-refractivity contribution >= 4 is 34.9 Å². The van der Waals surface area contributed by atoms with Gasteiger partial charge in [-0.2, -0.15) is 0 Å². The fourth-order valence-electron chi connectivity index (χ4n) is 3.12. The Morgan fingerprint density at radius 3 is 2.64 bits per heavy atom. The van der Waals surface area contributed by atoms with Gasteiger partial charge in [0, 0.05) is 33.9 Å². The maximum absolute atomic E-state index is 11.0. The number of ether oxygens (including phenoxy) is 1. The smallest absolute Gasteiger partial charge is 0.305 e. The lowest BCUT2D eigenvalue weighted by Gasteiger charge is -2.25. The summed E-state index contributed by atoms with van der Waals surface area (Å²) in [5.41, 5.74) is 1.90. The molecule has 0 saturated carbocycles. The molecule has 6 heteroatoms. The van der Waals surface area contributed by atoms with Crippen LogP contribution < -0.4 is 9.64 Å². The number of carboxylic acid groups (broad SMARTS) is 1. The molecule has 4 nitrogen and oxygen atoms in total. The van der Waals surface area contributed by atoms with E-state index in [-0.39, 0.29) is 12.5 Å². The van der Waals surface area contributed by atoms with Crippen LogP contribution in [0.15, 0.2) is 42.5 Å². The molecule has 3 rings (SSSR count). The lowest BCUT2D eigenvalue weighted by Crippen LogP contribution is -2.31. The molecule has 1 N–H and O–H groups in total. The first kappa shape index (κ1) is 17.9. The molecule has 0 aliphatic carbocycles. The molecule has 25 heavy (non-hydrogen) atoms. The average molecular weight is 380 g/mol. The highest BCUT2D eigenvalue weighted by molar-refractivity contribution is 6.35. The predicted molar refractivity (Wildman–Crippen MR) is 99.9 cm³/mol. The van der Waals surface area contributed by atoms with E-state index in [9.17, 15) is 4.79 Å². The van der Waals surface area contributed by atoms with E-state index in [0.29, 0.717) is 16.7 Å². The number of nitrogens with zero attached hydrogens (tertiary/aromatic N) is 1. The molecule has 2 aromatic rings. The van der Waals surface area contributed by atoms with Gasteiger partial charge in [0.1, 0.15) is 12.4 Å². The fraction of sp³-hybridized carbons (Fsp3) is 0.316. The van der Waals surface area contributed by atoms with Crippen LogP contribution >= 0.6 is 23.2 Å². The number of aliphatic carboxylic acids is 1. The van der Waals surface area contributed by atoms with Crippen molar-refractivity contribution in [2.24, 2.45) is 0 Å². The molecule has 1 atom stereocenters. The number of hydrogen-bond donors (Lipinski definition) is 1. The van der Waals surface area contributed by atoms with E-state index in [0.717, 1.165) is 36.4 Å². The van der Waals surface area contributed by atoms with Crippen LogP contribution in [0.1, 0.15) is 24.8 Å². The Morgan fingerprint density at radius 1 is 1.20 bits per heavy atom. The zero-order valence-electron chi connectivity index (χ0n) is 13.6. The van der Waals surface area contributed by atoms with Crippen LogP contribution in [0.25, 0.3) is 0 Å². The third-order valence-electron chi connectivity index (χ3n) is 4.37. The molecular weight excluding hydrogens is 361 g/mol. The second-order valence-electron chi connectivity index (χ2n) is 6.11. The van der Waals surface area contributed by atoms with Gasteiger partial charge in [-0.3, -0.25) is 4.79 Å². The van der Waals surface area contributed by atoms with E-state index in [4.69, 9.17) is 33.0 Å². The third-order valence-corrected chi connectivity index (χ3v) is 4.95. The zero-order valence-corrected chi connectivity index (χ0v) is 15.1. The average Bonchev–Trinajstić information content (AvgIpc) is 3.02. The maximum atomic E-state index is 11.0. The summed E-state index contributed by atoms with van der Waals surface area (Å²) in [6.07, 6.45) is 2.11. The minimum absolute atomic E-state index is 0.0668. The number of hydrogen-bond acceptors (Lipinski definition) is 3. The van der Waals surface area contributed by atoms with Crippen LogP contribution in [0.5, 0.6) is 5.75 Å². The van der Waals surface area contributed by atoms with Gasteiger partial charge in [0.2, 0.25) is 0 Å². The minimum Gasteiger partial charge on any atom is -0.489 e. The van der Waals surface area contributed by atoms with E-state index in [1.165, 1.54) is 0 Å². The van der Waals surface area contributed by atoms with Gasteiger partial charge in [0.15, 0.2) is 0 Å². The molecule has 0 aromatic heterocycles. The van der Waals surface area contributed by atoms with Crippen molar-refractivity contribution in [1.82, 2.24) is 0 Å². The van der Waals surface area contributed by atoms with Gasteiger partial charge >= 0.3 is 5.97 Å². The van der Waals surface area contributed by atoms with Gasteiger partial charge < -0.3 is 14.7 Å². The Bertz CT molecular complexity index is 749. The first-order valence-corrected chi connectivity index (χ1v) is 8.94. The van der Waals surface area contributed by atoms with Crippen molar-refractivity contribution in [3.63, 3.8) is 0 Å². The van der Waals surface area contributed by atoms with Gasteiger partial charge in [0.25, 0.3) is 0 Å². The molecule has 1 aliphatic rings. The van der Waals surface area contributed by atoms with Gasteiger partial charge in [-0.1, -0.05) is 29.3 Å². The van der Waals surface area contributed by atoms with Crippen molar-refractivity contribution < 1.29 is 14.6 Å². The quantitative estimate of drug-likeness (QED) is 0.765. The molecule has 1 heterocycles. The molecule has 1 aliphatic heterocycles. The van der Waals surface area contributed by atoms with Crippen LogP contribution in [0.2, 0.25) is 10.0 Å². The van der Waals surface area contributed by atoms with Crippen molar-refractivity contribution in [3.05, 3.63) is 58.1 Å². The Kier molecular flexibility index (Phi) is 5.71. The highest BCUT2D eigenvalue weighted by Gasteiger charge is 2.26. The van der Waals surface area contributed by atoms with E-state index < -0.39 is 5.97 Å². The zero-order chi connectivity index (χ0) is 17.8. The Balaban J connectivity index is 1.63. The Hall–Kier alpha value is -1.91. The molecule has 0 bridgehead atoms. The van der Waals surface area contributed by atoms with Crippen molar-refractivity contribution in [2.45, 2.75) is 31.9 Å². The lowest BCUT2D eigenvalue weighted by molar-refractivity contribution is -0.137. The van der Waals surface area contributed by atoms with Crippen LogP contribution in [0.4, 0.5) is 5.69 Å². The minimum atomic E-state index is -0.753. The summed E-state index contributed by atoms with van der Waals surface area (Å²) in [7, 11) is 0. The summed E-state index contributed by atoms with van der Waals surface area (Å²) in [5.74, 6) is -0.0135. The standard InChI is InChI=1S/C19H19Cl2NO3/c20-14-4-3-13(18(21)10-14)12-25-17-7-5-15(6-8-17)22-9-1-2-16(22)11-19(23)24/h3-8,10,16H,1-2,9,11-12H2,(H,23,24)/t16-/m0/s1. The molecule has 0 amide bonds. The van der Waals surface area contributed by atoms with Crippen LogP contribution in [0, 0.1) is 0 Å². The van der Waals surface area contributed by atoms with Gasteiger partial charge in [-0.25, -0.2) is 0 Å². The first-order chi connectivity index (χ1) is 12.0. The second-order valence-corrected chi connectivity index (χ2v) is 6.95. The number of halogens is 2. The monoisotopic (exact) mass is 379 g/mol. The van der Waals surface area contributed by atoms with E-state index >= 15 is 0 Å². The van der Waals surface area contributed by atoms with Crippen LogP contribution in [-0.4, -0.2) is 23.7 Å². The first-order valence-electron chi connectivity index (χ1n) is 8.18. The summed E-state index contributed by atoms with van der Waals surface area (Å²) in [6, 6.07) is 13.1. The normalized spacial score (nSPS) is 16.9. The molecule has 1 saturated heterocycles. The molecule has 132 valence electrons. The fourth-order valence-corrected chi connectivity index (χ4v) is 3.59. The van der Waals surface area contributed by atoms with E-state index in [2.05, 4.69) is 4.90 Å². The Labute approximate surface area is 156 Å². The molecule has 0 unspecified atom stereocenters. The topological polar surface area (TPSA) is 49.8 Å². The molecule has 1 fully saturated rings. The van der Waals surface area contributed by atoms with E-state index in [1.54, 1.807) is 12.1 Å². The highest BCUT2D eigenvalue weighted by atomic mass is 35.5. The second kappa shape index (κ2) is 7.98. The van der Waals surface area contributed by atoms with Crippen LogP contribution in [0.3, 0.4) is 0 Å². The van der Waals surface area contributed by atoms with Gasteiger partial charge in [0.05, 0.1) is 6.42 Å². The van der Waals surface area contributed by atoms with Crippen molar-refractivity contribution in [2.75, 3.05) is 11.4 Å². The molecule has 0 spiro atoms. The molecule has 0 radical (unpaired) electrons. The van der Waals surface area contributed by atoms with Crippen molar-refractivity contribution in [3.8, 4) is 5.75 Å². The summed E-state index contributed by atoms with van der Waals surface area (Å²) in [4.78, 5) is 13.1. The number of carbonyl (C=O) groups is 1. The number of benzene rings is 2. The summed E-state index contributed by atoms with van der Waals surface area (Å²) in [6.45, 7) is 1.25. The van der Waals surface area contributed by atoms with Crippen LogP contribution in [-0.2, 0) is 11.4 Å². The van der Waals surface area contributed by atoms with Gasteiger partial charge in [-0.05, 0) is 49.2 Å². The summed E-state index contributed by atoms with van der Waals surface area (Å²) < 4.78 is 5.78. The van der Waals surface area contributed by atoms with E-state index in [1.807, 2.05) is 30.3 Å². The predicted octanol–water partition coefficient (Wildman–Crippen LogP) is 5.02. The highest BCUT2D eigenvalue weighted by Crippen LogP contribution is 2.29. The molecule has 2 aromatic carbocycles. The SMILES string of the molecule is O=C(O)C[C@@H]1CCCN1c1ccc(OCc2ccc(Cl)cc2Cl)cc1. The number of carboxylic acids is 1. The maximum Gasteiger partial charge on any atom is 0.305 e. The third kappa shape index (κ3) is 4.59. The summed E-state index contributed by atoms with van der Waals surface area (Å²) in [5, 5.41) is 10.2. The van der Waals surface area contributed by atoms with Crippen molar-refractivity contribution in [1.29, 1.82) is 0 Å². The largest absolute Gasteiger partial charge is 0.489 e. The lowest BCUT2D eigenvalue weighted by atomic mass is 10.1. The number of rotatable bonds is 6. The van der Waals surface area contributed by atoms with Gasteiger partial charge in [-0.15, -0.1) is 0 Å². The Morgan fingerprint density at radius 2 is 1.96 bits per heavy atom. The summed E-state index contributed by atoms with van der Waals surface area (Å²) >= 11 is 12.0. The number of anilines is 1.